The summed E-state index contributed by atoms with van der Waals surface area (Å²) in [6.07, 6.45) is 0. The lowest BCUT2D eigenvalue weighted by Crippen LogP contribution is -2.50. The molecule has 0 saturated carbocycles. The number of hydrogen-bond acceptors (Lipinski definition) is 2. The normalized spacial score (nSPS) is 27.8. The largest absolute Gasteiger partial charge is 0.524 e. The van der Waals surface area contributed by atoms with Crippen molar-refractivity contribution in [3.8, 4) is 0 Å². The molecule has 1 aliphatic rings. The van der Waals surface area contributed by atoms with Crippen LogP contribution in [0.1, 0.15) is 13.8 Å². The van der Waals surface area contributed by atoms with Gasteiger partial charge in [0.15, 0.2) is 0 Å². The van der Waals surface area contributed by atoms with Crippen molar-refractivity contribution in [3.05, 3.63) is 0 Å². The highest BCUT2D eigenvalue weighted by molar-refractivity contribution is 6.89. The Morgan fingerprint density at radius 1 is 1.45 bits per heavy atom. The highest BCUT2D eigenvalue weighted by atomic mass is 28.4. The van der Waals surface area contributed by atoms with Crippen molar-refractivity contribution >= 4 is 17.0 Å². The molecule has 1 saturated heterocycles. The summed E-state index contributed by atoms with van der Waals surface area (Å²) in [5.41, 5.74) is 0. The number of rotatable bonds is 0. The molecule has 0 N–H and O–H groups in total. The van der Waals surface area contributed by atoms with E-state index in [1.54, 1.807) is 0 Å². The maximum atomic E-state index is 11.5. The second-order valence-corrected chi connectivity index (χ2v) is 12.5. The average molecular weight is 188 g/mol. The molecular weight excluding hydrogens is 172 g/mol. The first-order chi connectivity index (χ1) is 4.88. The molecule has 0 aliphatic carbocycles. The van der Waals surface area contributed by atoms with Crippen LogP contribution in [-0.2, 0) is 8.89 Å². The molecule has 2 nitrogen and oxygen atoms in total. The van der Waals surface area contributed by atoms with Crippen molar-refractivity contribution in [3.63, 3.8) is 0 Å². The first-order valence-corrected chi connectivity index (χ1v) is 8.57. The predicted molar refractivity (Wildman–Crippen MR) is 48.7 cm³/mol. The minimum absolute atomic E-state index is 0.00405. The van der Waals surface area contributed by atoms with Gasteiger partial charge in [0.05, 0.1) is 14.7 Å². The van der Waals surface area contributed by atoms with Crippen molar-refractivity contribution in [1.29, 1.82) is 0 Å². The molecule has 11 heavy (non-hydrogen) atoms. The highest BCUT2D eigenvalue weighted by Crippen LogP contribution is 2.42. The molecule has 1 rings (SSSR count). The van der Waals surface area contributed by atoms with E-state index in [2.05, 4.69) is 26.9 Å². The second kappa shape index (κ2) is 2.52. The van der Waals surface area contributed by atoms with Gasteiger partial charge < -0.3 is 8.89 Å². The maximum absolute atomic E-state index is 11.5. The van der Waals surface area contributed by atoms with Crippen LogP contribution in [0.4, 0.5) is 0 Å². The van der Waals surface area contributed by atoms with Gasteiger partial charge in [-0.15, -0.1) is 0 Å². The summed E-state index contributed by atoms with van der Waals surface area (Å²) in [5.74, 6) is 0. The van der Waals surface area contributed by atoms with Crippen LogP contribution >= 0.6 is 0 Å². The van der Waals surface area contributed by atoms with Gasteiger partial charge in [0.1, 0.15) is 0 Å². The third kappa shape index (κ3) is 1.33. The van der Waals surface area contributed by atoms with Gasteiger partial charge in [-0.1, -0.05) is 26.9 Å². The zero-order chi connectivity index (χ0) is 8.70. The Kier molecular flexibility index (Phi) is 2.09. The predicted octanol–water partition coefficient (Wildman–Crippen LogP) is 1.96. The van der Waals surface area contributed by atoms with Gasteiger partial charge in [-0.2, -0.15) is 0 Å². The van der Waals surface area contributed by atoms with E-state index in [0.29, 0.717) is 0 Å². The van der Waals surface area contributed by atoms with E-state index in [4.69, 9.17) is 4.43 Å². The summed E-state index contributed by atoms with van der Waals surface area (Å²) in [7, 11) is -3.04. The Labute approximate surface area is 70.7 Å². The molecule has 1 heterocycles. The van der Waals surface area contributed by atoms with E-state index in [-0.39, 0.29) is 4.66 Å². The lowest BCUT2D eigenvalue weighted by atomic mass is 10.5. The molecule has 0 aromatic heterocycles. The van der Waals surface area contributed by atoms with Gasteiger partial charge in [-0.3, -0.25) is 0 Å². The number of hydrogen-bond donors (Lipinski definition) is 0. The van der Waals surface area contributed by atoms with E-state index < -0.39 is 17.0 Å². The van der Waals surface area contributed by atoms with Crippen LogP contribution in [0.25, 0.3) is 0 Å². The molecule has 64 valence electrons. The zero-order valence-electron chi connectivity index (χ0n) is 7.73. The molecule has 0 amide bonds. The van der Waals surface area contributed by atoms with Crippen LogP contribution in [0, 0.1) is 0 Å². The summed E-state index contributed by atoms with van der Waals surface area (Å²) in [5, 5.41) is 0. The van der Waals surface area contributed by atoms with Crippen molar-refractivity contribution in [2.45, 2.75) is 37.6 Å². The molecule has 4 heteroatoms. The fraction of sp³-hybridized carbons (Fsp3) is 1.00. The molecule has 0 radical (unpaired) electrons. The molecule has 1 aliphatic heterocycles. The van der Waals surface area contributed by atoms with E-state index in [1.807, 2.05) is 0 Å². The van der Waals surface area contributed by atoms with E-state index >= 15 is 0 Å². The SMILES string of the molecule is CC1(C)[Si](=O)OCC[Si]1(C)C. The maximum Gasteiger partial charge on any atom is 0.505 e. The minimum Gasteiger partial charge on any atom is -0.524 e. The van der Waals surface area contributed by atoms with Gasteiger partial charge in [-0.25, -0.2) is 0 Å². The van der Waals surface area contributed by atoms with Crippen molar-refractivity contribution in [2.24, 2.45) is 0 Å². The summed E-state index contributed by atoms with van der Waals surface area (Å²) < 4.78 is 16.7. The Morgan fingerprint density at radius 2 is 2.00 bits per heavy atom. The highest BCUT2D eigenvalue weighted by Gasteiger charge is 2.50. The van der Waals surface area contributed by atoms with Crippen LogP contribution in [0.2, 0.25) is 23.8 Å². The molecule has 0 unspecified atom stereocenters. The monoisotopic (exact) mass is 188 g/mol. The van der Waals surface area contributed by atoms with Crippen LogP contribution in [-0.4, -0.2) is 23.6 Å². The second-order valence-electron chi connectivity index (χ2n) is 4.39. The molecule has 0 bridgehead atoms. The van der Waals surface area contributed by atoms with Gasteiger partial charge in [0, 0.05) is 4.66 Å². The summed E-state index contributed by atoms with van der Waals surface area (Å²) in [6.45, 7) is 9.52. The van der Waals surface area contributed by atoms with Crippen LogP contribution in [0.5, 0.6) is 0 Å². The quantitative estimate of drug-likeness (QED) is 0.543. The third-order valence-corrected chi connectivity index (χ3v) is 12.1. The fourth-order valence-corrected chi connectivity index (χ4v) is 6.06. The first-order valence-electron chi connectivity index (χ1n) is 4.05. The van der Waals surface area contributed by atoms with Gasteiger partial charge in [-0.05, 0) is 6.04 Å². The Morgan fingerprint density at radius 3 is 2.36 bits per heavy atom. The molecule has 0 spiro atoms. The van der Waals surface area contributed by atoms with Gasteiger partial charge in [0.25, 0.3) is 0 Å². The van der Waals surface area contributed by atoms with Crippen LogP contribution in [0.15, 0.2) is 0 Å². The van der Waals surface area contributed by atoms with Crippen LogP contribution in [0.3, 0.4) is 0 Å². The fourth-order valence-electron chi connectivity index (χ4n) is 1.17. The van der Waals surface area contributed by atoms with E-state index in [9.17, 15) is 4.46 Å². The van der Waals surface area contributed by atoms with Crippen LogP contribution < -0.4 is 0 Å². The lowest BCUT2D eigenvalue weighted by Gasteiger charge is -2.40. The summed E-state index contributed by atoms with van der Waals surface area (Å²) in [6, 6.07) is 1.15. The summed E-state index contributed by atoms with van der Waals surface area (Å²) >= 11 is 0. The standard InChI is InChI=1S/C7H16O2Si2/c1-7(2)10(8)9-5-6-11(7,3)4/h5-6H2,1-4H3. The molecule has 0 atom stereocenters. The third-order valence-electron chi connectivity index (χ3n) is 3.16. The van der Waals surface area contributed by atoms with E-state index in [1.165, 1.54) is 0 Å². The topological polar surface area (TPSA) is 26.3 Å². The van der Waals surface area contributed by atoms with E-state index in [0.717, 1.165) is 12.7 Å². The smallest absolute Gasteiger partial charge is 0.505 e. The Hall–Kier alpha value is 0.0338. The van der Waals surface area contributed by atoms with Crippen molar-refractivity contribution in [1.82, 2.24) is 0 Å². The minimum atomic E-state index is -1.76. The Balaban J connectivity index is 2.91. The average Bonchev–Trinajstić information content (AvgIpc) is 1.84. The summed E-state index contributed by atoms with van der Waals surface area (Å²) in [4.78, 5) is 0. The molecule has 0 aromatic carbocycles. The van der Waals surface area contributed by atoms with Crippen molar-refractivity contribution < 1.29 is 8.89 Å². The molecule has 1 fully saturated rings. The molecule has 0 aromatic rings. The Bertz CT molecular complexity index is 187. The molecular formula is C7H16O2Si2. The van der Waals surface area contributed by atoms with Gasteiger partial charge in [0.2, 0.25) is 0 Å². The first kappa shape index (κ1) is 9.12. The van der Waals surface area contributed by atoms with Gasteiger partial charge >= 0.3 is 8.93 Å². The lowest BCUT2D eigenvalue weighted by molar-refractivity contribution is 0.279. The van der Waals surface area contributed by atoms with Crippen molar-refractivity contribution in [2.75, 3.05) is 6.61 Å². The zero-order valence-corrected chi connectivity index (χ0v) is 9.73.